The van der Waals surface area contributed by atoms with Crippen molar-refractivity contribution in [3.63, 3.8) is 0 Å². The highest BCUT2D eigenvalue weighted by molar-refractivity contribution is 4.91. The van der Waals surface area contributed by atoms with Crippen LogP contribution in [0.25, 0.3) is 0 Å². The van der Waals surface area contributed by atoms with Crippen LogP contribution in [0.3, 0.4) is 0 Å². The van der Waals surface area contributed by atoms with Gasteiger partial charge in [0.2, 0.25) is 0 Å². The second-order valence-corrected chi connectivity index (χ2v) is 4.90. The van der Waals surface area contributed by atoms with Crippen molar-refractivity contribution >= 4 is 0 Å². The largest absolute Gasteiger partial charge is 0.394 e. The Kier molecular flexibility index (Phi) is 5.81. The summed E-state index contributed by atoms with van der Waals surface area (Å²) in [6.45, 7) is 6.09. The van der Waals surface area contributed by atoms with Gasteiger partial charge >= 0.3 is 0 Å². The van der Waals surface area contributed by atoms with E-state index >= 15 is 0 Å². The topological polar surface area (TPSA) is 76.3 Å². The van der Waals surface area contributed by atoms with Crippen molar-refractivity contribution < 1.29 is 10.2 Å². The summed E-state index contributed by atoms with van der Waals surface area (Å²) >= 11 is 0. The van der Waals surface area contributed by atoms with E-state index in [1.54, 1.807) is 6.92 Å². The normalized spacial score (nSPS) is 12.5. The quantitative estimate of drug-likeness (QED) is 0.544. The maximum atomic E-state index is 9.02. The van der Waals surface area contributed by atoms with Gasteiger partial charge in [-0.2, -0.15) is 5.26 Å². The van der Waals surface area contributed by atoms with Crippen LogP contribution in [0.4, 0.5) is 0 Å². The summed E-state index contributed by atoms with van der Waals surface area (Å²) in [5.74, 6) is 0. The molecule has 3 N–H and O–H groups in total. The van der Waals surface area contributed by atoms with Crippen molar-refractivity contribution in [2.24, 2.45) is 5.41 Å². The van der Waals surface area contributed by atoms with Crippen LogP contribution in [-0.2, 0) is 0 Å². The molecule has 4 nitrogen and oxygen atoms in total. The summed E-state index contributed by atoms with van der Waals surface area (Å²) in [6, 6.07) is 2.24. The van der Waals surface area contributed by atoms with Gasteiger partial charge in [0.15, 0.2) is 0 Å². The highest BCUT2D eigenvalue weighted by Crippen LogP contribution is 2.20. The summed E-state index contributed by atoms with van der Waals surface area (Å²) in [5.41, 5.74) is -0.909. The first-order chi connectivity index (χ1) is 6.89. The molecule has 0 aliphatic carbocycles. The number of hydrogen-bond acceptors (Lipinski definition) is 4. The zero-order valence-electron chi connectivity index (χ0n) is 9.88. The number of rotatable bonds is 7. The van der Waals surface area contributed by atoms with E-state index in [-0.39, 0.29) is 18.6 Å². The fourth-order valence-electron chi connectivity index (χ4n) is 1.14. The molecular formula is C11H22N2O2. The van der Waals surface area contributed by atoms with Crippen molar-refractivity contribution in [3.8, 4) is 6.07 Å². The lowest BCUT2D eigenvalue weighted by molar-refractivity contribution is 0.104. The minimum atomic E-state index is -0.614. The predicted molar refractivity (Wildman–Crippen MR) is 59.2 cm³/mol. The van der Waals surface area contributed by atoms with Crippen molar-refractivity contribution in [1.82, 2.24) is 5.32 Å². The molecule has 4 heteroatoms. The molecule has 0 atom stereocenters. The van der Waals surface area contributed by atoms with Crippen LogP contribution in [0.1, 0.15) is 33.6 Å². The lowest BCUT2D eigenvalue weighted by atomic mass is 9.89. The van der Waals surface area contributed by atoms with E-state index in [9.17, 15) is 0 Å². The lowest BCUT2D eigenvalue weighted by Crippen LogP contribution is -2.49. The van der Waals surface area contributed by atoms with Crippen LogP contribution in [-0.4, -0.2) is 35.5 Å². The molecule has 15 heavy (non-hydrogen) atoms. The Balaban J connectivity index is 3.77. The molecule has 0 aromatic heterocycles. The second kappa shape index (κ2) is 6.06. The number of hydrogen-bond donors (Lipinski definition) is 3. The fourth-order valence-corrected chi connectivity index (χ4v) is 1.14. The number of nitrogens with one attached hydrogen (secondary N) is 1. The third-order valence-corrected chi connectivity index (χ3v) is 2.53. The highest BCUT2D eigenvalue weighted by atomic mass is 16.3. The molecule has 0 aromatic rings. The molecule has 88 valence electrons. The molecule has 0 rings (SSSR count). The molecule has 0 unspecified atom stereocenters. The van der Waals surface area contributed by atoms with Gasteiger partial charge in [0.25, 0.3) is 0 Å². The fraction of sp³-hybridized carbons (Fsp3) is 0.909. The van der Waals surface area contributed by atoms with Gasteiger partial charge in [0.05, 0.1) is 30.2 Å². The van der Waals surface area contributed by atoms with E-state index in [4.69, 9.17) is 15.5 Å². The number of nitrogens with zero attached hydrogens (tertiary/aromatic N) is 1. The SMILES string of the molecule is CC(C)(C#N)CCCNC(C)(CO)CO. The van der Waals surface area contributed by atoms with E-state index < -0.39 is 5.54 Å². The first-order valence-corrected chi connectivity index (χ1v) is 5.27. The Morgan fingerprint density at radius 3 is 2.13 bits per heavy atom. The van der Waals surface area contributed by atoms with Crippen LogP contribution >= 0.6 is 0 Å². The summed E-state index contributed by atoms with van der Waals surface area (Å²) in [6.07, 6.45) is 1.67. The van der Waals surface area contributed by atoms with Crippen LogP contribution < -0.4 is 5.32 Å². The molecule has 0 saturated carbocycles. The molecule has 0 heterocycles. The van der Waals surface area contributed by atoms with Gasteiger partial charge in [0.1, 0.15) is 0 Å². The minimum Gasteiger partial charge on any atom is -0.394 e. The molecule has 0 amide bonds. The Morgan fingerprint density at radius 2 is 1.73 bits per heavy atom. The monoisotopic (exact) mass is 214 g/mol. The van der Waals surface area contributed by atoms with E-state index in [0.29, 0.717) is 6.54 Å². The van der Waals surface area contributed by atoms with Gasteiger partial charge in [-0.05, 0) is 40.2 Å². The molecule has 0 spiro atoms. The third kappa shape index (κ3) is 5.73. The van der Waals surface area contributed by atoms with E-state index in [1.807, 2.05) is 13.8 Å². The smallest absolute Gasteiger partial charge is 0.0683 e. The first kappa shape index (κ1) is 14.4. The van der Waals surface area contributed by atoms with Crippen molar-refractivity contribution in [2.45, 2.75) is 39.2 Å². The molecule has 0 aliphatic heterocycles. The van der Waals surface area contributed by atoms with Crippen molar-refractivity contribution in [3.05, 3.63) is 0 Å². The average molecular weight is 214 g/mol. The zero-order chi connectivity index (χ0) is 11.9. The summed E-state index contributed by atoms with van der Waals surface area (Å²) < 4.78 is 0. The summed E-state index contributed by atoms with van der Waals surface area (Å²) in [5, 5.41) is 29.9. The van der Waals surface area contributed by atoms with E-state index in [1.165, 1.54) is 0 Å². The van der Waals surface area contributed by atoms with Gasteiger partial charge in [-0.25, -0.2) is 0 Å². The number of nitriles is 1. The third-order valence-electron chi connectivity index (χ3n) is 2.53. The second-order valence-electron chi connectivity index (χ2n) is 4.90. The van der Waals surface area contributed by atoms with Crippen LogP contribution in [0.2, 0.25) is 0 Å². The molecule has 0 fully saturated rings. The Labute approximate surface area is 91.9 Å². The number of aliphatic hydroxyl groups excluding tert-OH is 2. The predicted octanol–water partition coefficient (Wildman–Crippen LogP) is 0.649. The zero-order valence-corrected chi connectivity index (χ0v) is 9.88. The summed E-state index contributed by atoms with van der Waals surface area (Å²) in [7, 11) is 0. The summed E-state index contributed by atoms with van der Waals surface area (Å²) in [4.78, 5) is 0. The van der Waals surface area contributed by atoms with Gasteiger partial charge in [-0.15, -0.1) is 0 Å². The van der Waals surface area contributed by atoms with Gasteiger partial charge in [-0.1, -0.05) is 0 Å². The maximum Gasteiger partial charge on any atom is 0.0683 e. The van der Waals surface area contributed by atoms with Crippen molar-refractivity contribution in [1.29, 1.82) is 5.26 Å². The van der Waals surface area contributed by atoms with Gasteiger partial charge in [0, 0.05) is 0 Å². The Hall–Kier alpha value is -0.630. The van der Waals surface area contributed by atoms with E-state index in [2.05, 4.69) is 11.4 Å². The average Bonchev–Trinajstić information content (AvgIpc) is 2.24. The number of aliphatic hydroxyl groups is 2. The minimum absolute atomic E-state index is 0.0921. The van der Waals surface area contributed by atoms with Crippen LogP contribution in [0.5, 0.6) is 0 Å². The molecule has 0 bridgehead atoms. The first-order valence-electron chi connectivity index (χ1n) is 5.27. The molecule has 0 radical (unpaired) electrons. The van der Waals surface area contributed by atoms with Gasteiger partial charge < -0.3 is 15.5 Å². The Bertz CT molecular complexity index is 217. The molecule has 0 saturated heterocycles. The molecule has 0 aromatic carbocycles. The van der Waals surface area contributed by atoms with Crippen LogP contribution in [0.15, 0.2) is 0 Å². The van der Waals surface area contributed by atoms with E-state index in [0.717, 1.165) is 12.8 Å². The maximum absolute atomic E-state index is 9.02. The van der Waals surface area contributed by atoms with Gasteiger partial charge in [-0.3, -0.25) is 0 Å². The van der Waals surface area contributed by atoms with Crippen LogP contribution in [0, 0.1) is 16.7 Å². The Morgan fingerprint density at radius 1 is 1.20 bits per heavy atom. The highest BCUT2D eigenvalue weighted by Gasteiger charge is 2.21. The molecular weight excluding hydrogens is 192 g/mol. The molecule has 0 aliphatic rings. The van der Waals surface area contributed by atoms with Crippen molar-refractivity contribution in [2.75, 3.05) is 19.8 Å². The standard InChI is InChI=1S/C11H22N2O2/c1-10(2,7-12)5-4-6-13-11(3,8-14)9-15/h13-15H,4-6,8-9H2,1-3H3. The lowest BCUT2D eigenvalue weighted by Gasteiger charge is -2.26.